The lowest BCUT2D eigenvalue weighted by atomic mass is 9.99. The molecule has 0 saturated heterocycles. The van der Waals surface area contributed by atoms with Crippen LogP contribution in [-0.2, 0) is 17.9 Å². The van der Waals surface area contributed by atoms with Crippen LogP contribution in [0.5, 0.6) is 0 Å². The van der Waals surface area contributed by atoms with Crippen molar-refractivity contribution < 1.29 is 9.90 Å². The lowest BCUT2D eigenvalue weighted by Crippen LogP contribution is -2.31. The molecule has 3 rings (SSSR count). The molecule has 0 fully saturated rings. The first kappa shape index (κ1) is 22.3. The Morgan fingerprint density at radius 1 is 0.935 bits per heavy atom. The Bertz CT molecular complexity index is 986. The number of hydrogen-bond donors (Lipinski definition) is 4. The fourth-order valence-electron chi connectivity index (χ4n) is 3.22. The smallest absolute Gasteiger partial charge is 0.216 e. The number of nitrogens with zero attached hydrogens (tertiary/aromatic N) is 1. The van der Waals surface area contributed by atoms with Gasteiger partial charge in [-0.2, -0.15) is 0 Å². The third-order valence-electron chi connectivity index (χ3n) is 4.95. The van der Waals surface area contributed by atoms with Gasteiger partial charge >= 0.3 is 0 Å². The number of benzene rings is 2. The molecule has 0 aliphatic heterocycles. The number of nitrogens with one attached hydrogen (secondary N) is 3. The van der Waals surface area contributed by atoms with Crippen molar-refractivity contribution in [3.63, 3.8) is 0 Å². The van der Waals surface area contributed by atoms with Gasteiger partial charge < -0.3 is 21.1 Å². The van der Waals surface area contributed by atoms with Crippen LogP contribution in [0.25, 0.3) is 11.1 Å². The van der Waals surface area contributed by atoms with Crippen LogP contribution in [0.1, 0.15) is 30.0 Å². The van der Waals surface area contributed by atoms with Gasteiger partial charge in [0.2, 0.25) is 5.91 Å². The summed E-state index contributed by atoms with van der Waals surface area (Å²) in [6.45, 7) is 3.15. The van der Waals surface area contributed by atoms with Crippen LogP contribution in [0.15, 0.2) is 73.1 Å². The fourth-order valence-corrected chi connectivity index (χ4v) is 3.22. The number of rotatable bonds is 10. The van der Waals surface area contributed by atoms with Crippen molar-refractivity contribution in [2.75, 3.05) is 6.54 Å². The molecule has 6 nitrogen and oxygen atoms in total. The predicted octanol–water partition coefficient (Wildman–Crippen LogP) is 3.29. The second-order valence-electron chi connectivity index (χ2n) is 7.51. The van der Waals surface area contributed by atoms with Crippen molar-refractivity contribution in [3.05, 3.63) is 89.7 Å². The molecule has 2 aromatic carbocycles. The van der Waals surface area contributed by atoms with Gasteiger partial charge in [-0.05, 0) is 39.9 Å². The van der Waals surface area contributed by atoms with Crippen LogP contribution in [0, 0.1) is 5.41 Å². The molecular formula is C25H28N4O2. The Kier molecular flexibility index (Phi) is 8.04. The molecular weight excluding hydrogens is 388 g/mol. The number of aromatic nitrogens is 1. The molecule has 4 N–H and O–H groups in total. The molecule has 0 spiro atoms. The Balaban J connectivity index is 1.52. The zero-order chi connectivity index (χ0) is 22.1. The molecule has 1 amide bonds. The first-order valence-electron chi connectivity index (χ1n) is 10.3. The molecule has 0 saturated carbocycles. The number of carbonyl (C=O) groups excluding carboxylic acids is 1. The van der Waals surface area contributed by atoms with E-state index in [1.54, 1.807) is 12.4 Å². The normalized spacial score (nSPS) is 11.7. The third-order valence-corrected chi connectivity index (χ3v) is 4.95. The molecule has 0 unspecified atom stereocenters. The van der Waals surface area contributed by atoms with Gasteiger partial charge in [0, 0.05) is 51.1 Å². The highest BCUT2D eigenvalue weighted by molar-refractivity contribution is 5.98. The number of aliphatic hydroxyl groups is 1. The SMILES string of the molecule is CC(=O)NC[C@H](O)CC(=N)c1ccc(-c2ccc(CNCc3ccncc3)cc2)cc1. The van der Waals surface area contributed by atoms with Crippen molar-refractivity contribution in [1.82, 2.24) is 15.6 Å². The summed E-state index contributed by atoms with van der Waals surface area (Å²) in [5.41, 5.74) is 5.72. The van der Waals surface area contributed by atoms with Crippen LogP contribution in [0.3, 0.4) is 0 Å². The highest BCUT2D eigenvalue weighted by Gasteiger charge is 2.10. The van der Waals surface area contributed by atoms with Gasteiger partial charge in [0.15, 0.2) is 0 Å². The van der Waals surface area contributed by atoms with E-state index in [2.05, 4.69) is 39.9 Å². The Hall–Kier alpha value is -3.35. The van der Waals surface area contributed by atoms with E-state index >= 15 is 0 Å². The highest BCUT2D eigenvalue weighted by Crippen LogP contribution is 2.21. The summed E-state index contributed by atoms with van der Waals surface area (Å²) in [6, 6.07) is 20.2. The molecule has 1 atom stereocenters. The minimum atomic E-state index is -0.768. The van der Waals surface area contributed by atoms with E-state index in [0.29, 0.717) is 5.71 Å². The average molecular weight is 417 g/mol. The predicted molar refractivity (Wildman–Crippen MR) is 123 cm³/mol. The summed E-state index contributed by atoms with van der Waals surface area (Å²) < 4.78 is 0. The molecule has 0 aliphatic rings. The highest BCUT2D eigenvalue weighted by atomic mass is 16.3. The van der Waals surface area contributed by atoms with Crippen molar-refractivity contribution in [2.24, 2.45) is 0 Å². The van der Waals surface area contributed by atoms with E-state index in [4.69, 9.17) is 5.41 Å². The zero-order valence-corrected chi connectivity index (χ0v) is 17.6. The topological polar surface area (TPSA) is 98.1 Å². The van der Waals surface area contributed by atoms with Gasteiger partial charge in [0.1, 0.15) is 0 Å². The summed E-state index contributed by atoms with van der Waals surface area (Å²) in [5, 5.41) is 24.1. The van der Waals surface area contributed by atoms with E-state index in [0.717, 1.165) is 29.8 Å². The van der Waals surface area contributed by atoms with Crippen LogP contribution < -0.4 is 10.6 Å². The molecule has 3 aromatic rings. The van der Waals surface area contributed by atoms with Crippen molar-refractivity contribution in [1.29, 1.82) is 5.41 Å². The van der Waals surface area contributed by atoms with Crippen LogP contribution in [0.4, 0.5) is 0 Å². The lowest BCUT2D eigenvalue weighted by molar-refractivity contribution is -0.119. The zero-order valence-electron chi connectivity index (χ0n) is 17.6. The van der Waals surface area contributed by atoms with Gasteiger partial charge in [-0.3, -0.25) is 9.78 Å². The van der Waals surface area contributed by atoms with Gasteiger partial charge in [-0.15, -0.1) is 0 Å². The molecule has 0 bridgehead atoms. The second kappa shape index (κ2) is 11.2. The van der Waals surface area contributed by atoms with E-state index in [1.807, 2.05) is 36.4 Å². The standard InChI is InChI=1S/C25H28N4O2/c1-18(30)29-17-24(31)14-25(26)23-8-6-22(7-9-23)21-4-2-19(3-5-21)15-28-16-20-10-12-27-13-11-20/h2-13,24,26,28,31H,14-17H2,1H3,(H,29,30)/t24-/m1/s1. The quantitative estimate of drug-likeness (QED) is 0.381. The number of amides is 1. The number of carbonyl (C=O) groups is 1. The second-order valence-corrected chi connectivity index (χ2v) is 7.51. The first-order chi connectivity index (χ1) is 15.0. The van der Waals surface area contributed by atoms with Gasteiger partial charge in [-0.25, -0.2) is 0 Å². The number of hydrogen-bond acceptors (Lipinski definition) is 5. The minimum Gasteiger partial charge on any atom is -0.391 e. The molecule has 1 aromatic heterocycles. The van der Waals surface area contributed by atoms with Crippen LogP contribution >= 0.6 is 0 Å². The van der Waals surface area contributed by atoms with Gasteiger partial charge in [-0.1, -0.05) is 48.5 Å². The largest absolute Gasteiger partial charge is 0.391 e. The molecule has 0 radical (unpaired) electrons. The lowest BCUT2D eigenvalue weighted by Gasteiger charge is -2.12. The van der Waals surface area contributed by atoms with Crippen molar-refractivity contribution in [2.45, 2.75) is 32.5 Å². The summed E-state index contributed by atoms with van der Waals surface area (Å²) >= 11 is 0. The van der Waals surface area contributed by atoms with Crippen LogP contribution in [0.2, 0.25) is 0 Å². The average Bonchev–Trinajstić information content (AvgIpc) is 2.79. The van der Waals surface area contributed by atoms with E-state index < -0.39 is 6.10 Å². The van der Waals surface area contributed by atoms with E-state index in [1.165, 1.54) is 18.1 Å². The molecule has 31 heavy (non-hydrogen) atoms. The Morgan fingerprint density at radius 2 is 1.48 bits per heavy atom. The number of pyridine rings is 1. The molecule has 160 valence electrons. The van der Waals surface area contributed by atoms with E-state index in [9.17, 15) is 9.90 Å². The number of aliphatic hydroxyl groups excluding tert-OH is 1. The van der Waals surface area contributed by atoms with Crippen molar-refractivity contribution in [3.8, 4) is 11.1 Å². The molecule has 1 heterocycles. The van der Waals surface area contributed by atoms with E-state index in [-0.39, 0.29) is 18.9 Å². The van der Waals surface area contributed by atoms with Crippen molar-refractivity contribution >= 4 is 11.6 Å². The molecule has 0 aliphatic carbocycles. The summed E-state index contributed by atoms with van der Waals surface area (Å²) in [6.07, 6.45) is 3.02. The monoisotopic (exact) mass is 416 g/mol. The summed E-state index contributed by atoms with van der Waals surface area (Å²) in [5.74, 6) is -0.189. The Labute approximate surface area is 182 Å². The third kappa shape index (κ3) is 7.13. The maximum Gasteiger partial charge on any atom is 0.216 e. The summed E-state index contributed by atoms with van der Waals surface area (Å²) in [4.78, 5) is 15.0. The fraction of sp³-hybridized carbons (Fsp3) is 0.240. The summed E-state index contributed by atoms with van der Waals surface area (Å²) in [7, 11) is 0. The van der Waals surface area contributed by atoms with Gasteiger partial charge in [0.25, 0.3) is 0 Å². The van der Waals surface area contributed by atoms with Crippen LogP contribution in [-0.4, -0.2) is 34.4 Å². The first-order valence-corrected chi connectivity index (χ1v) is 10.3. The molecule has 6 heteroatoms. The minimum absolute atomic E-state index is 0.152. The Morgan fingerprint density at radius 3 is 2.06 bits per heavy atom. The maximum absolute atomic E-state index is 10.9. The maximum atomic E-state index is 10.9. The van der Waals surface area contributed by atoms with Gasteiger partial charge in [0.05, 0.1) is 6.10 Å².